The highest BCUT2D eigenvalue weighted by atomic mass is 16.5. The number of carbonyl (C=O) groups is 1. The van der Waals surface area contributed by atoms with Gasteiger partial charge in [0.1, 0.15) is 6.61 Å². The van der Waals surface area contributed by atoms with E-state index in [4.69, 9.17) is 14.7 Å². The molecule has 4 heteroatoms. The van der Waals surface area contributed by atoms with Crippen molar-refractivity contribution >= 4 is 5.78 Å². The summed E-state index contributed by atoms with van der Waals surface area (Å²) in [7, 11) is 1.50. The summed E-state index contributed by atoms with van der Waals surface area (Å²) in [6, 6.07) is 6.86. The lowest BCUT2D eigenvalue weighted by molar-refractivity contribution is -0.121. The van der Waals surface area contributed by atoms with E-state index in [0.29, 0.717) is 23.5 Å². The van der Waals surface area contributed by atoms with E-state index in [9.17, 15) is 4.79 Å². The minimum Gasteiger partial charge on any atom is -0.493 e. The van der Waals surface area contributed by atoms with Gasteiger partial charge in [0.2, 0.25) is 0 Å². The molecule has 0 aliphatic heterocycles. The van der Waals surface area contributed by atoms with Gasteiger partial charge in [-0.2, -0.15) is 5.26 Å². The zero-order chi connectivity index (χ0) is 12.7. The number of carbonyl (C=O) groups excluding carboxylic acids is 1. The second-order valence-electron chi connectivity index (χ2n) is 3.55. The molecule has 0 fully saturated rings. The van der Waals surface area contributed by atoms with Gasteiger partial charge in [-0.05, 0) is 18.6 Å². The van der Waals surface area contributed by atoms with Crippen LogP contribution in [0.15, 0.2) is 18.2 Å². The summed E-state index contributed by atoms with van der Waals surface area (Å²) in [6.07, 6.45) is 1.32. The molecule has 0 saturated heterocycles. The molecule has 0 spiro atoms. The van der Waals surface area contributed by atoms with Crippen LogP contribution in [0.1, 0.15) is 25.3 Å². The Balaban J connectivity index is 2.71. The summed E-state index contributed by atoms with van der Waals surface area (Å²) >= 11 is 0. The van der Waals surface area contributed by atoms with Crippen molar-refractivity contribution in [2.45, 2.75) is 19.8 Å². The summed E-state index contributed by atoms with van der Waals surface area (Å²) in [4.78, 5) is 11.3. The van der Waals surface area contributed by atoms with Gasteiger partial charge >= 0.3 is 0 Å². The maximum absolute atomic E-state index is 11.3. The largest absolute Gasteiger partial charge is 0.493 e. The number of rotatable bonds is 6. The summed E-state index contributed by atoms with van der Waals surface area (Å²) < 4.78 is 10.5. The first-order chi connectivity index (χ1) is 8.21. The monoisotopic (exact) mass is 233 g/mol. The highest BCUT2D eigenvalue weighted by Crippen LogP contribution is 2.27. The van der Waals surface area contributed by atoms with Gasteiger partial charge in [-0.25, -0.2) is 0 Å². The summed E-state index contributed by atoms with van der Waals surface area (Å²) in [5.41, 5.74) is 0.495. The number of benzene rings is 1. The van der Waals surface area contributed by atoms with Crippen molar-refractivity contribution in [3.63, 3.8) is 0 Å². The maximum atomic E-state index is 11.3. The number of Topliss-reactive ketones (excluding diaryl/α,β-unsaturated/α-hetero) is 1. The van der Waals surface area contributed by atoms with E-state index >= 15 is 0 Å². The molecule has 0 amide bonds. The molecule has 0 aliphatic rings. The number of methoxy groups -OCH3 is 1. The van der Waals surface area contributed by atoms with Crippen LogP contribution in [-0.2, 0) is 4.79 Å². The number of hydrogen-bond donors (Lipinski definition) is 0. The SMILES string of the molecule is CCCC(=O)COc1ccc(C#N)cc1OC. The Morgan fingerprint density at radius 2 is 2.18 bits per heavy atom. The second-order valence-corrected chi connectivity index (χ2v) is 3.55. The Labute approximate surface area is 101 Å². The lowest BCUT2D eigenvalue weighted by Crippen LogP contribution is -2.11. The molecule has 0 bridgehead atoms. The van der Waals surface area contributed by atoms with Crippen LogP contribution in [0.25, 0.3) is 0 Å². The minimum atomic E-state index is 0.0378. The van der Waals surface area contributed by atoms with Gasteiger partial charge in [-0.1, -0.05) is 6.92 Å². The minimum absolute atomic E-state index is 0.0378. The molecule has 1 rings (SSSR count). The molecule has 1 aromatic carbocycles. The lowest BCUT2D eigenvalue weighted by Gasteiger charge is -2.09. The van der Waals surface area contributed by atoms with E-state index in [2.05, 4.69) is 0 Å². The average molecular weight is 233 g/mol. The fourth-order valence-corrected chi connectivity index (χ4v) is 1.37. The Morgan fingerprint density at radius 3 is 2.76 bits per heavy atom. The number of nitriles is 1. The third kappa shape index (κ3) is 3.80. The predicted octanol–water partition coefficient (Wildman–Crippen LogP) is 2.31. The molecule has 0 atom stereocenters. The number of ether oxygens (including phenoxy) is 2. The number of nitrogens with zero attached hydrogens (tertiary/aromatic N) is 1. The average Bonchev–Trinajstić information content (AvgIpc) is 2.36. The zero-order valence-corrected chi connectivity index (χ0v) is 10.0. The lowest BCUT2D eigenvalue weighted by atomic mass is 10.2. The first-order valence-corrected chi connectivity index (χ1v) is 5.44. The van der Waals surface area contributed by atoms with E-state index in [0.717, 1.165) is 6.42 Å². The normalized spacial score (nSPS) is 9.47. The highest BCUT2D eigenvalue weighted by Gasteiger charge is 2.08. The van der Waals surface area contributed by atoms with Gasteiger partial charge in [0.15, 0.2) is 17.3 Å². The molecule has 0 aliphatic carbocycles. The third-order valence-corrected chi connectivity index (χ3v) is 2.21. The summed E-state index contributed by atoms with van der Waals surface area (Å²) in [5, 5.41) is 8.74. The molecule has 4 nitrogen and oxygen atoms in total. The fraction of sp³-hybridized carbons (Fsp3) is 0.385. The Kier molecular flexibility index (Phi) is 5.02. The molecule has 0 N–H and O–H groups in total. The molecule has 90 valence electrons. The highest BCUT2D eigenvalue weighted by molar-refractivity contribution is 5.79. The van der Waals surface area contributed by atoms with Gasteiger partial charge in [0.25, 0.3) is 0 Å². The van der Waals surface area contributed by atoms with Crippen LogP contribution in [0.5, 0.6) is 11.5 Å². The standard InChI is InChI=1S/C13H15NO3/c1-3-4-11(15)9-17-12-6-5-10(8-14)7-13(12)16-2/h5-7H,3-4,9H2,1-2H3. The third-order valence-electron chi connectivity index (χ3n) is 2.21. The van der Waals surface area contributed by atoms with Crippen molar-refractivity contribution in [3.05, 3.63) is 23.8 Å². The van der Waals surface area contributed by atoms with Crippen molar-refractivity contribution in [2.75, 3.05) is 13.7 Å². The van der Waals surface area contributed by atoms with Crippen LogP contribution >= 0.6 is 0 Å². The first kappa shape index (κ1) is 13.0. The second kappa shape index (κ2) is 6.54. The van der Waals surface area contributed by atoms with Crippen LogP contribution < -0.4 is 9.47 Å². The maximum Gasteiger partial charge on any atom is 0.170 e. The van der Waals surface area contributed by atoms with Crippen molar-refractivity contribution in [2.24, 2.45) is 0 Å². The molecular formula is C13H15NO3. The van der Waals surface area contributed by atoms with E-state index < -0.39 is 0 Å². The van der Waals surface area contributed by atoms with E-state index in [1.807, 2.05) is 13.0 Å². The molecule has 0 unspecified atom stereocenters. The predicted molar refractivity (Wildman–Crippen MR) is 63.1 cm³/mol. The van der Waals surface area contributed by atoms with Gasteiger partial charge in [-0.15, -0.1) is 0 Å². The van der Waals surface area contributed by atoms with Gasteiger partial charge in [0.05, 0.1) is 18.7 Å². The first-order valence-electron chi connectivity index (χ1n) is 5.44. The topological polar surface area (TPSA) is 59.3 Å². The van der Waals surface area contributed by atoms with Crippen molar-refractivity contribution in [1.82, 2.24) is 0 Å². The van der Waals surface area contributed by atoms with E-state index in [-0.39, 0.29) is 12.4 Å². The summed E-state index contributed by atoms with van der Waals surface area (Å²) in [5.74, 6) is 1.00. The molecule has 1 aromatic rings. The van der Waals surface area contributed by atoms with Crippen LogP contribution in [-0.4, -0.2) is 19.5 Å². The molecule has 0 radical (unpaired) electrons. The molecule has 17 heavy (non-hydrogen) atoms. The van der Waals surface area contributed by atoms with E-state index in [1.165, 1.54) is 7.11 Å². The van der Waals surface area contributed by atoms with E-state index in [1.54, 1.807) is 18.2 Å². The number of hydrogen-bond acceptors (Lipinski definition) is 4. The molecule has 0 aromatic heterocycles. The fourth-order valence-electron chi connectivity index (χ4n) is 1.37. The molecule has 0 saturated carbocycles. The van der Waals surface area contributed by atoms with Crippen molar-refractivity contribution in [1.29, 1.82) is 5.26 Å². The van der Waals surface area contributed by atoms with Gasteiger partial charge < -0.3 is 9.47 Å². The molecular weight excluding hydrogens is 218 g/mol. The quantitative estimate of drug-likeness (QED) is 0.756. The Hall–Kier alpha value is -2.02. The van der Waals surface area contributed by atoms with Gasteiger partial charge in [-0.3, -0.25) is 4.79 Å². The Morgan fingerprint density at radius 1 is 1.41 bits per heavy atom. The van der Waals surface area contributed by atoms with Crippen LogP contribution in [0.4, 0.5) is 0 Å². The Bertz CT molecular complexity index is 435. The van der Waals surface area contributed by atoms with Crippen LogP contribution in [0, 0.1) is 11.3 Å². The van der Waals surface area contributed by atoms with Crippen molar-refractivity contribution < 1.29 is 14.3 Å². The number of ketones is 1. The van der Waals surface area contributed by atoms with Crippen LogP contribution in [0.2, 0.25) is 0 Å². The van der Waals surface area contributed by atoms with Crippen LogP contribution in [0.3, 0.4) is 0 Å². The zero-order valence-electron chi connectivity index (χ0n) is 10.0. The smallest absolute Gasteiger partial charge is 0.170 e. The van der Waals surface area contributed by atoms with Crippen molar-refractivity contribution in [3.8, 4) is 17.6 Å². The van der Waals surface area contributed by atoms with Gasteiger partial charge in [0, 0.05) is 12.5 Å². The summed E-state index contributed by atoms with van der Waals surface area (Å²) in [6.45, 7) is 1.98. The molecule has 0 heterocycles.